The molecule has 1 saturated heterocycles. The quantitative estimate of drug-likeness (QED) is 0.236. The van der Waals surface area contributed by atoms with Crippen molar-refractivity contribution in [3.63, 3.8) is 0 Å². The Hall–Kier alpha value is -1.91. The van der Waals surface area contributed by atoms with Gasteiger partial charge >= 0.3 is 0 Å². The van der Waals surface area contributed by atoms with Crippen molar-refractivity contribution in [2.75, 3.05) is 26.7 Å². The molecular formula is C24H32IN5OS. The molecule has 2 atom stereocenters. The normalized spacial score (nSPS) is 19.4. The Labute approximate surface area is 211 Å². The summed E-state index contributed by atoms with van der Waals surface area (Å²) >= 11 is 1.86. The summed E-state index contributed by atoms with van der Waals surface area (Å²) in [6, 6.07) is 16.9. The number of aliphatic imine (C=N–C) groups is 1. The summed E-state index contributed by atoms with van der Waals surface area (Å²) < 4.78 is 5.50. The van der Waals surface area contributed by atoms with Crippen LogP contribution in [0.25, 0.3) is 11.3 Å². The Morgan fingerprint density at radius 1 is 1.22 bits per heavy atom. The number of guanidine groups is 1. The van der Waals surface area contributed by atoms with Crippen LogP contribution >= 0.6 is 35.3 Å². The summed E-state index contributed by atoms with van der Waals surface area (Å²) in [5.41, 5.74) is 1.85. The highest BCUT2D eigenvalue weighted by Gasteiger charge is 2.31. The maximum Gasteiger partial charge on any atom is 0.191 e. The van der Waals surface area contributed by atoms with Crippen molar-refractivity contribution in [2.45, 2.75) is 32.4 Å². The van der Waals surface area contributed by atoms with E-state index in [1.165, 1.54) is 17.7 Å². The maximum absolute atomic E-state index is 5.50. The van der Waals surface area contributed by atoms with Gasteiger partial charge in [0.25, 0.3) is 0 Å². The van der Waals surface area contributed by atoms with E-state index in [-0.39, 0.29) is 24.0 Å². The van der Waals surface area contributed by atoms with E-state index in [0.29, 0.717) is 18.5 Å². The van der Waals surface area contributed by atoms with Crippen LogP contribution in [0.1, 0.15) is 36.4 Å². The molecule has 2 aromatic heterocycles. The van der Waals surface area contributed by atoms with E-state index >= 15 is 0 Å². The zero-order valence-electron chi connectivity index (χ0n) is 18.7. The lowest BCUT2D eigenvalue weighted by Crippen LogP contribution is -2.44. The van der Waals surface area contributed by atoms with E-state index in [1.54, 1.807) is 0 Å². The minimum absolute atomic E-state index is 0. The highest BCUT2D eigenvalue weighted by molar-refractivity contribution is 14.0. The van der Waals surface area contributed by atoms with E-state index in [4.69, 9.17) is 9.52 Å². The summed E-state index contributed by atoms with van der Waals surface area (Å²) in [5, 5.41) is 13.3. The Morgan fingerprint density at radius 3 is 2.81 bits per heavy atom. The van der Waals surface area contributed by atoms with E-state index in [1.807, 2.05) is 47.7 Å². The minimum atomic E-state index is 0. The van der Waals surface area contributed by atoms with Gasteiger partial charge in [-0.05, 0) is 50.7 Å². The number of benzene rings is 1. The number of nitrogens with one attached hydrogen (secondary N) is 2. The highest BCUT2D eigenvalue weighted by atomic mass is 127. The number of thiophene rings is 1. The molecule has 3 aromatic rings. The summed E-state index contributed by atoms with van der Waals surface area (Å²) in [6.45, 7) is 5.43. The number of hydrogen-bond donors (Lipinski definition) is 2. The summed E-state index contributed by atoms with van der Waals surface area (Å²) in [6.07, 6.45) is 2.46. The molecule has 0 bridgehead atoms. The second-order valence-corrected chi connectivity index (χ2v) is 8.95. The fraction of sp³-hybridized carbons (Fsp3) is 0.417. The first kappa shape index (κ1) is 24.7. The second kappa shape index (κ2) is 12.4. The molecule has 3 heterocycles. The molecule has 0 radical (unpaired) electrons. The van der Waals surface area contributed by atoms with Crippen molar-refractivity contribution in [3.8, 4) is 11.3 Å². The van der Waals surface area contributed by atoms with Gasteiger partial charge in [-0.1, -0.05) is 41.6 Å². The van der Waals surface area contributed by atoms with Crippen molar-refractivity contribution in [3.05, 3.63) is 64.5 Å². The average molecular weight is 566 g/mol. The van der Waals surface area contributed by atoms with Gasteiger partial charge in [0.15, 0.2) is 11.7 Å². The molecule has 1 aliphatic rings. The molecular weight excluding hydrogens is 533 g/mol. The lowest BCUT2D eigenvalue weighted by atomic mass is 9.88. The van der Waals surface area contributed by atoms with Crippen LogP contribution in [-0.2, 0) is 6.54 Å². The van der Waals surface area contributed by atoms with Crippen molar-refractivity contribution in [2.24, 2.45) is 10.9 Å². The Kier molecular flexibility index (Phi) is 9.55. The second-order valence-electron chi connectivity index (χ2n) is 7.97. The summed E-state index contributed by atoms with van der Waals surface area (Å²) in [7, 11) is 2.24. The Balaban J connectivity index is 0.00000289. The molecule has 1 fully saturated rings. The fourth-order valence-electron chi connectivity index (χ4n) is 4.24. The molecule has 8 heteroatoms. The number of piperidine rings is 1. The molecule has 2 N–H and O–H groups in total. The zero-order valence-corrected chi connectivity index (χ0v) is 21.8. The predicted octanol–water partition coefficient (Wildman–Crippen LogP) is 5.16. The van der Waals surface area contributed by atoms with Crippen LogP contribution in [0.2, 0.25) is 0 Å². The largest absolute Gasteiger partial charge is 0.357 e. The summed E-state index contributed by atoms with van der Waals surface area (Å²) in [4.78, 5) is 8.69. The van der Waals surface area contributed by atoms with Gasteiger partial charge in [-0.15, -0.1) is 35.3 Å². The average Bonchev–Trinajstić information content (AvgIpc) is 3.49. The first-order valence-corrected chi connectivity index (χ1v) is 11.9. The van der Waals surface area contributed by atoms with Crippen LogP contribution in [0.4, 0.5) is 0 Å². The van der Waals surface area contributed by atoms with Gasteiger partial charge in [0, 0.05) is 35.6 Å². The molecule has 1 aliphatic heterocycles. The van der Waals surface area contributed by atoms with Crippen LogP contribution in [0.3, 0.4) is 0 Å². The SMILES string of the molecule is CCNC(=NCc1cc(-c2ccccc2)on1)NCC1CCCN(C)C1c1cccs1.I. The lowest BCUT2D eigenvalue weighted by molar-refractivity contribution is 0.125. The third-order valence-electron chi connectivity index (χ3n) is 5.73. The van der Waals surface area contributed by atoms with E-state index in [9.17, 15) is 0 Å². The van der Waals surface area contributed by atoms with Gasteiger partial charge in [-0.25, -0.2) is 4.99 Å². The zero-order chi connectivity index (χ0) is 21.5. The first-order valence-electron chi connectivity index (χ1n) is 11.0. The minimum Gasteiger partial charge on any atom is -0.357 e. The van der Waals surface area contributed by atoms with Crippen LogP contribution in [0.15, 0.2) is 63.4 Å². The van der Waals surface area contributed by atoms with Crippen LogP contribution in [-0.4, -0.2) is 42.7 Å². The topological polar surface area (TPSA) is 65.7 Å². The van der Waals surface area contributed by atoms with E-state index in [0.717, 1.165) is 42.6 Å². The molecule has 1 aromatic carbocycles. The van der Waals surface area contributed by atoms with Gasteiger partial charge in [0.2, 0.25) is 0 Å². The molecule has 32 heavy (non-hydrogen) atoms. The molecule has 172 valence electrons. The number of hydrogen-bond acceptors (Lipinski definition) is 5. The molecule has 0 aliphatic carbocycles. The lowest BCUT2D eigenvalue weighted by Gasteiger charge is -2.39. The van der Waals surface area contributed by atoms with Crippen molar-refractivity contribution >= 4 is 41.3 Å². The molecule has 0 saturated carbocycles. The smallest absolute Gasteiger partial charge is 0.191 e. The standard InChI is InChI=1S/C24H31N5OS.HI/c1-3-25-24(27-17-20-15-21(30-28-20)18-9-5-4-6-10-18)26-16-19-11-7-13-29(2)23(19)22-12-8-14-31-22;/h4-6,8-10,12,14-15,19,23H,3,7,11,13,16-17H2,1-2H3,(H2,25,26,27);1H. The monoisotopic (exact) mass is 565 g/mol. The number of likely N-dealkylation sites (tertiary alicyclic amines) is 1. The van der Waals surface area contributed by atoms with E-state index in [2.05, 4.69) is 52.2 Å². The Bertz CT molecular complexity index is 960. The van der Waals surface area contributed by atoms with Crippen molar-refractivity contribution in [1.82, 2.24) is 20.7 Å². The number of nitrogens with zero attached hydrogens (tertiary/aromatic N) is 3. The number of aromatic nitrogens is 1. The number of rotatable bonds is 7. The van der Waals surface area contributed by atoms with Gasteiger partial charge in [0.1, 0.15) is 5.69 Å². The van der Waals surface area contributed by atoms with Gasteiger partial charge < -0.3 is 15.2 Å². The van der Waals surface area contributed by atoms with Crippen LogP contribution in [0, 0.1) is 5.92 Å². The molecule has 0 spiro atoms. The number of halogens is 1. The maximum atomic E-state index is 5.50. The van der Waals surface area contributed by atoms with Crippen molar-refractivity contribution < 1.29 is 4.52 Å². The van der Waals surface area contributed by atoms with E-state index < -0.39 is 0 Å². The molecule has 4 rings (SSSR count). The van der Waals surface area contributed by atoms with Gasteiger partial charge in [0.05, 0.1) is 6.54 Å². The third kappa shape index (κ3) is 6.32. The fourth-order valence-corrected chi connectivity index (χ4v) is 5.22. The summed E-state index contributed by atoms with van der Waals surface area (Å²) in [5.74, 6) is 2.15. The van der Waals surface area contributed by atoms with Crippen LogP contribution < -0.4 is 10.6 Å². The Morgan fingerprint density at radius 2 is 2.06 bits per heavy atom. The molecule has 0 amide bonds. The highest BCUT2D eigenvalue weighted by Crippen LogP contribution is 2.36. The van der Waals surface area contributed by atoms with Crippen LogP contribution in [0.5, 0.6) is 0 Å². The third-order valence-corrected chi connectivity index (χ3v) is 6.68. The molecule has 2 unspecified atom stereocenters. The molecule has 6 nitrogen and oxygen atoms in total. The first-order chi connectivity index (χ1) is 15.2. The van der Waals surface area contributed by atoms with Gasteiger partial charge in [-0.2, -0.15) is 0 Å². The van der Waals surface area contributed by atoms with Crippen molar-refractivity contribution in [1.29, 1.82) is 0 Å². The predicted molar refractivity (Wildman–Crippen MR) is 143 cm³/mol. The van der Waals surface area contributed by atoms with Gasteiger partial charge in [-0.3, -0.25) is 4.90 Å².